The third kappa shape index (κ3) is 5.16. The second kappa shape index (κ2) is 11.5. The molecule has 224 valence electrons. The standard InChI is InChI=1S/C27H34N8O5S2/c1-13(8-16(36)12-34-24(30-31-32-34)19-4-3-7-41-19)20-21-14(2)23(22(27(39)40)35(21)26(20)38)42-17-9-18(29-10-17)25(37)33-6-5-15(28)11-33/h3-4,7,13-15,17-18,20-21,29H,5-6,8-12,28H2,1-2H3,(H,39,40)/t13-,14+,15+,17-,18-,20+,21+/m0/s1. The molecular formula is C27H34N8O5S2. The Balaban J connectivity index is 1.09. The first kappa shape index (κ1) is 29.0. The molecule has 6 rings (SSSR count). The molecule has 3 saturated heterocycles. The van der Waals surface area contributed by atoms with E-state index in [9.17, 15) is 24.3 Å². The maximum atomic E-state index is 13.3. The zero-order chi connectivity index (χ0) is 29.7. The molecule has 2 aromatic heterocycles. The van der Waals surface area contributed by atoms with Crippen molar-refractivity contribution in [3.8, 4) is 10.7 Å². The summed E-state index contributed by atoms with van der Waals surface area (Å²) in [7, 11) is 0. The van der Waals surface area contributed by atoms with Gasteiger partial charge >= 0.3 is 5.97 Å². The Labute approximate surface area is 250 Å². The number of Topliss-reactive ketones (excluding diaryl/α,β-unsaturated/α-hetero) is 1. The van der Waals surface area contributed by atoms with Gasteiger partial charge in [0, 0.05) is 48.2 Å². The number of ketones is 1. The van der Waals surface area contributed by atoms with Crippen LogP contribution in [0.1, 0.15) is 33.1 Å². The Morgan fingerprint density at radius 1 is 1.33 bits per heavy atom. The number of carboxylic acid groups (broad SMARTS) is 1. The van der Waals surface area contributed by atoms with Crippen LogP contribution < -0.4 is 11.1 Å². The Morgan fingerprint density at radius 3 is 2.83 bits per heavy atom. The number of aliphatic carboxylic acids is 1. The predicted molar refractivity (Wildman–Crippen MR) is 155 cm³/mol. The van der Waals surface area contributed by atoms with E-state index in [4.69, 9.17) is 5.73 Å². The number of β-lactam (4-membered cyclic amide) rings is 1. The summed E-state index contributed by atoms with van der Waals surface area (Å²) in [5, 5.41) is 27.0. The van der Waals surface area contributed by atoms with Gasteiger partial charge in [0.2, 0.25) is 11.8 Å². The Bertz CT molecular complexity index is 1430. The van der Waals surface area contributed by atoms with Gasteiger partial charge in [-0.25, -0.2) is 9.48 Å². The number of amides is 2. The third-order valence-electron chi connectivity index (χ3n) is 8.77. The average Bonchev–Trinajstić information content (AvgIpc) is 3.76. The van der Waals surface area contributed by atoms with Crippen LogP contribution in [0, 0.1) is 17.8 Å². The van der Waals surface area contributed by atoms with E-state index in [2.05, 4.69) is 20.8 Å². The Kier molecular flexibility index (Phi) is 7.93. The lowest BCUT2D eigenvalue weighted by molar-refractivity contribution is -0.160. The number of thiophene rings is 1. The van der Waals surface area contributed by atoms with E-state index in [0.717, 1.165) is 11.3 Å². The van der Waals surface area contributed by atoms with E-state index in [-0.39, 0.29) is 71.5 Å². The molecule has 4 N–H and O–H groups in total. The lowest BCUT2D eigenvalue weighted by Gasteiger charge is -2.47. The van der Waals surface area contributed by atoms with Crippen LogP contribution in [0.2, 0.25) is 0 Å². The molecule has 0 aliphatic carbocycles. The van der Waals surface area contributed by atoms with E-state index in [1.807, 2.05) is 31.4 Å². The molecule has 2 aromatic rings. The highest BCUT2D eigenvalue weighted by Crippen LogP contribution is 2.53. The van der Waals surface area contributed by atoms with Gasteiger partial charge in [-0.2, -0.15) is 0 Å². The number of carboxylic acids is 1. The number of fused-ring (bicyclic) bond motifs is 1. The van der Waals surface area contributed by atoms with Crippen molar-refractivity contribution >= 4 is 46.7 Å². The zero-order valence-corrected chi connectivity index (χ0v) is 25.0. The van der Waals surface area contributed by atoms with Gasteiger partial charge in [0.15, 0.2) is 11.6 Å². The molecule has 13 nitrogen and oxygen atoms in total. The van der Waals surface area contributed by atoms with Gasteiger partial charge < -0.3 is 26.0 Å². The summed E-state index contributed by atoms with van der Waals surface area (Å²) >= 11 is 2.94. The Morgan fingerprint density at radius 2 is 2.14 bits per heavy atom. The van der Waals surface area contributed by atoms with E-state index in [0.29, 0.717) is 36.8 Å². The summed E-state index contributed by atoms with van der Waals surface area (Å²) in [6.45, 7) is 5.61. The number of nitrogens with one attached hydrogen (secondary N) is 1. The van der Waals surface area contributed by atoms with Gasteiger partial charge in [-0.1, -0.05) is 19.9 Å². The molecule has 0 radical (unpaired) electrons. The second-order valence-electron chi connectivity index (χ2n) is 11.7. The number of hydrogen-bond donors (Lipinski definition) is 3. The van der Waals surface area contributed by atoms with Crippen LogP contribution in [0.4, 0.5) is 0 Å². The van der Waals surface area contributed by atoms with Crippen molar-refractivity contribution in [2.75, 3.05) is 19.6 Å². The minimum Gasteiger partial charge on any atom is -0.477 e. The van der Waals surface area contributed by atoms with Gasteiger partial charge in [0.05, 0.1) is 22.9 Å². The highest BCUT2D eigenvalue weighted by Gasteiger charge is 2.60. The largest absolute Gasteiger partial charge is 0.477 e. The molecule has 3 fully saturated rings. The SMILES string of the molecule is C[C@@H](CC(=O)Cn1nnnc1-c1cccs1)[C@H]1C(=O)N2C(C(=O)O)=C(S[C@@H]3CN[C@H](C(=O)N4CC[C@@H](N)C4)C3)[C@H](C)[C@H]12. The average molecular weight is 615 g/mol. The van der Waals surface area contributed by atoms with Gasteiger partial charge in [-0.3, -0.25) is 14.4 Å². The molecule has 42 heavy (non-hydrogen) atoms. The molecule has 6 heterocycles. The molecule has 15 heteroatoms. The number of hydrogen-bond acceptors (Lipinski definition) is 11. The summed E-state index contributed by atoms with van der Waals surface area (Å²) in [5.74, 6) is -1.87. The highest BCUT2D eigenvalue weighted by molar-refractivity contribution is 8.03. The molecule has 0 spiro atoms. The van der Waals surface area contributed by atoms with Crippen LogP contribution >= 0.6 is 23.1 Å². The van der Waals surface area contributed by atoms with Crippen molar-refractivity contribution in [3.63, 3.8) is 0 Å². The van der Waals surface area contributed by atoms with Crippen molar-refractivity contribution in [2.45, 2.75) is 63.0 Å². The Hall–Kier alpha value is -3.14. The number of nitrogens with zero attached hydrogens (tertiary/aromatic N) is 6. The van der Waals surface area contributed by atoms with E-state index in [1.165, 1.54) is 32.7 Å². The summed E-state index contributed by atoms with van der Waals surface area (Å²) in [5.41, 5.74) is 6.01. The summed E-state index contributed by atoms with van der Waals surface area (Å²) < 4.78 is 1.47. The van der Waals surface area contributed by atoms with Crippen LogP contribution in [-0.2, 0) is 25.7 Å². The summed E-state index contributed by atoms with van der Waals surface area (Å²) in [4.78, 5) is 56.5. The molecular weight excluding hydrogens is 580 g/mol. The molecule has 4 aliphatic rings. The fourth-order valence-electron chi connectivity index (χ4n) is 6.75. The van der Waals surface area contributed by atoms with Crippen molar-refractivity contribution in [3.05, 3.63) is 28.1 Å². The molecule has 4 aliphatic heterocycles. The number of rotatable bonds is 10. The van der Waals surface area contributed by atoms with Crippen molar-refractivity contribution < 1.29 is 24.3 Å². The number of nitrogens with two attached hydrogens (primary N) is 1. The van der Waals surface area contributed by atoms with Crippen LogP contribution in [0.5, 0.6) is 0 Å². The van der Waals surface area contributed by atoms with E-state index >= 15 is 0 Å². The molecule has 0 unspecified atom stereocenters. The highest BCUT2D eigenvalue weighted by atomic mass is 32.2. The smallest absolute Gasteiger partial charge is 0.353 e. The van der Waals surface area contributed by atoms with Crippen molar-refractivity contribution in [1.29, 1.82) is 0 Å². The molecule has 2 amide bonds. The number of aromatic nitrogens is 4. The fourth-order valence-corrected chi connectivity index (χ4v) is 8.94. The summed E-state index contributed by atoms with van der Waals surface area (Å²) in [6, 6.07) is 3.14. The minimum atomic E-state index is -1.13. The first-order valence-corrected chi connectivity index (χ1v) is 16.0. The van der Waals surface area contributed by atoms with Crippen LogP contribution in [-0.4, -0.2) is 102 Å². The lowest BCUT2D eigenvalue weighted by atomic mass is 9.73. The maximum absolute atomic E-state index is 13.3. The lowest BCUT2D eigenvalue weighted by Crippen LogP contribution is -2.62. The first-order valence-electron chi connectivity index (χ1n) is 14.2. The second-order valence-corrected chi connectivity index (χ2v) is 13.9. The van der Waals surface area contributed by atoms with Crippen LogP contribution in [0.15, 0.2) is 28.1 Å². The number of tetrazole rings is 1. The molecule has 0 bridgehead atoms. The molecule has 7 atom stereocenters. The van der Waals surface area contributed by atoms with Gasteiger partial charge in [0.25, 0.3) is 0 Å². The van der Waals surface area contributed by atoms with Crippen LogP contribution in [0.25, 0.3) is 10.7 Å². The molecule has 0 aromatic carbocycles. The van der Waals surface area contributed by atoms with E-state index < -0.39 is 11.9 Å². The number of thioether (sulfide) groups is 1. The van der Waals surface area contributed by atoms with Gasteiger partial charge in [0.1, 0.15) is 12.2 Å². The summed E-state index contributed by atoms with van der Waals surface area (Å²) in [6.07, 6.45) is 1.53. The number of likely N-dealkylation sites (tertiary alicyclic amines) is 1. The normalized spacial score (nSPS) is 29.6. The fraction of sp³-hybridized carbons (Fsp3) is 0.593. The van der Waals surface area contributed by atoms with Crippen molar-refractivity contribution in [1.82, 2.24) is 35.3 Å². The predicted octanol–water partition coefficient (Wildman–Crippen LogP) is 0.793. The maximum Gasteiger partial charge on any atom is 0.353 e. The quantitative estimate of drug-likeness (QED) is 0.323. The third-order valence-corrected chi connectivity index (χ3v) is 11.1. The van der Waals surface area contributed by atoms with Gasteiger partial charge in [-0.05, 0) is 40.6 Å². The van der Waals surface area contributed by atoms with Gasteiger partial charge in [-0.15, -0.1) is 28.2 Å². The minimum absolute atomic E-state index is 0.00195. The first-order chi connectivity index (χ1) is 20.1. The number of carbonyl (C=O) groups is 4. The zero-order valence-electron chi connectivity index (χ0n) is 23.4. The molecule has 0 saturated carbocycles. The topological polar surface area (TPSA) is 177 Å². The number of carbonyl (C=O) groups excluding carboxylic acids is 3. The van der Waals surface area contributed by atoms with E-state index in [1.54, 1.807) is 4.90 Å². The van der Waals surface area contributed by atoms with Crippen molar-refractivity contribution in [2.24, 2.45) is 23.5 Å². The monoisotopic (exact) mass is 614 g/mol. The van der Waals surface area contributed by atoms with Crippen LogP contribution in [0.3, 0.4) is 0 Å².